The molecule has 23 heavy (non-hydrogen) atoms. The summed E-state index contributed by atoms with van der Waals surface area (Å²) in [4.78, 5) is 11.8. The Morgan fingerprint density at radius 3 is 2.26 bits per heavy atom. The summed E-state index contributed by atoms with van der Waals surface area (Å²) in [5, 5.41) is 6.38. The van der Waals surface area contributed by atoms with Crippen molar-refractivity contribution < 1.29 is 9.53 Å². The van der Waals surface area contributed by atoms with E-state index in [0.717, 1.165) is 25.8 Å². The van der Waals surface area contributed by atoms with Crippen molar-refractivity contribution in [1.29, 1.82) is 0 Å². The van der Waals surface area contributed by atoms with E-state index < -0.39 is 5.60 Å². The Balaban J connectivity index is 2.43. The second kappa shape index (κ2) is 9.56. The first-order valence-electron chi connectivity index (χ1n) is 8.62. The van der Waals surface area contributed by atoms with E-state index in [-0.39, 0.29) is 12.1 Å². The van der Waals surface area contributed by atoms with E-state index in [1.54, 1.807) is 0 Å². The highest BCUT2D eigenvalue weighted by Gasteiger charge is 2.17. The van der Waals surface area contributed by atoms with Gasteiger partial charge in [0.1, 0.15) is 5.60 Å². The van der Waals surface area contributed by atoms with Gasteiger partial charge in [0.2, 0.25) is 0 Å². The Morgan fingerprint density at radius 1 is 1.13 bits per heavy atom. The number of alkyl carbamates (subject to hydrolysis) is 1. The molecule has 0 aliphatic rings. The Morgan fingerprint density at radius 2 is 1.74 bits per heavy atom. The molecule has 0 aliphatic carbocycles. The van der Waals surface area contributed by atoms with Gasteiger partial charge >= 0.3 is 6.09 Å². The number of aryl methyl sites for hydroxylation is 1. The predicted octanol–water partition coefficient (Wildman–Crippen LogP) is 4.03. The van der Waals surface area contributed by atoms with Crippen LogP contribution >= 0.6 is 0 Å². The third-order valence-corrected chi connectivity index (χ3v) is 3.55. The molecule has 0 bridgehead atoms. The molecule has 0 heterocycles. The molecule has 0 radical (unpaired) electrons. The van der Waals surface area contributed by atoms with E-state index in [4.69, 9.17) is 4.74 Å². The smallest absolute Gasteiger partial charge is 0.407 e. The third kappa shape index (κ3) is 8.60. The van der Waals surface area contributed by atoms with Crippen LogP contribution in [0.15, 0.2) is 24.3 Å². The van der Waals surface area contributed by atoms with Gasteiger partial charge in [0, 0.05) is 19.1 Å². The molecule has 0 aliphatic heterocycles. The maximum absolute atomic E-state index is 11.8. The molecule has 1 amide bonds. The lowest BCUT2D eigenvalue weighted by Gasteiger charge is -2.22. The van der Waals surface area contributed by atoms with Gasteiger partial charge in [0.15, 0.2) is 0 Å². The average molecular weight is 320 g/mol. The summed E-state index contributed by atoms with van der Waals surface area (Å²) in [6, 6.07) is 8.92. The van der Waals surface area contributed by atoms with Gasteiger partial charge in [-0.25, -0.2) is 4.79 Å². The van der Waals surface area contributed by atoms with Gasteiger partial charge in [0.05, 0.1) is 0 Å². The summed E-state index contributed by atoms with van der Waals surface area (Å²) in [6.07, 6.45) is 2.80. The molecule has 0 aromatic heterocycles. The van der Waals surface area contributed by atoms with E-state index in [0.29, 0.717) is 6.54 Å². The summed E-state index contributed by atoms with van der Waals surface area (Å²) in [5.41, 5.74) is 2.16. The van der Waals surface area contributed by atoms with E-state index >= 15 is 0 Å². The molecule has 1 aromatic carbocycles. The lowest BCUT2D eigenvalue weighted by atomic mass is 10.1. The summed E-state index contributed by atoms with van der Waals surface area (Å²) < 4.78 is 5.28. The minimum atomic E-state index is -0.460. The van der Waals surface area contributed by atoms with Crippen molar-refractivity contribution >= 4 is 6.09 Å². The molecule has 1 rings (SSSR count). The fourth-order valence-corrected chi connectivity index (χ4v) is 2.30. The first-order chi connectivity index (χ1) is 10.8. The molecule has 0 fully saturated rings. The number of hydrogen-bond acceptors (Lipinski definition) is 3. The van der Waals surface area contributed by atoms with Gasteiger partial charge in [-0.3, -0.25) is 0 Å². The lowest BCUT2D eigenvalue weighted by Crippen LogP contribution is -2.42. The maximum Gasteiger partial charge on any atom is 0.407 e. The number of carbonyl (C=O) groups excluding carboxylic acids is 1. The first kappa shape index (κ1) is 19.5. The van der Waals surface area contributed by atoms with Crippen LogP contribution in [-0.2, 0) is 17.7 Å². The van der Waals surface area contributed by atoms with Gasteiger partial charge in [-0.15, -0.1) is 0 Å². The van der Waals surface area contributed by atoms with Crippen LogP contribution in [0.4, 0.5) is 4.79 Å². The highest BCUT2D eigenvalue weighted by Crippen LogP contribution is 2.08. The van der Waals surface area contributed by atoms with Gasteiger partial charge in [-0.05, 0) is 44.7 Å². The highest BCUT2D eigenvalue weighted by molar-refractivity contribution is 5.67. The third-order valence-electron chi connectivity index (χ3n) is 3.55. The van der Waals surface area contributed by atoms with Crippen molar-refractivity contribution in [2.75, 3.05) is 6.54 Å². The summed E-state index contributed by atoms with van der Waals surface area (Å²) in [5.74, 6) is 0. The maximum atomic E-state index is 11.8. The Labute approximate surface area is 141 Å². The Kier molecular flexibility index (Phi) is 8.10. The fourth-order valence-electron chi connectivity index (χ4n) is 2.30. The number of hydrogen-bond donors (Lipinski definition) is 2. The zero-order chi connectivity index (χ0) is 17.3. The number of benzene rings is 1. The second-order valence-corrected chi connectivity index (χ2v) is 6.92. The van der Waals surface area contributed by atoms with Crippen molar-refractivity contribution in [2.45, 2.75) is 72.1 Å². The molecule has 1 unspecified atom stereocenters. The van der Waals surface area contributed by atoms with Crippen LogP contribution in [0.5, 0.6) is 0 Å². The van der Waals surface area contributed by atoms with Crippen molar-refractivity contribution in [1.82, 2.24) is 10.6 Å². The molecule has 4 heteroatoms. The van der Waals surface area contributed by atoms with E-state index in [1.165, 1.54) is 11.1 Å². The molecule has 0 saturated heterocycles. The fraction of sp³-hybridized carbons (Fsp3) is 0.632. The molecular formula is C19H32N2O2. The molecule has 2 N–H and O–H groups in total. The molecule has 4 nitrogen and oxygen atoms in total. The molecule has 0 saturated carbocycles. The van der Waals surface area contributed by atoms with Crippen LogP contribution < -0.4 is 10.6 Å². The number of ether oxygens (including phenoxy) is 1. The SMILES string of the molecule is CCCC(CNC(=O)OC(C)(C)C)NCc1ccc(CC)cc1. The zero-order valence-electron chi connectivity index (χ0n) is 15.2. The standard InChI is InChI=1S/C19H32N2O2/c1-6-8-17(14-21-18(22)23-19(3,4)5)20-13-16-11-9-15(7-2)10-12-16/h9-12,17,20H,6-8,13-14H2,1-5H3,(H,21,22). The number of carbonyl (C=O) groups is 1. The normalized spacial score (nSPS) is 12.7. The molecular weight excluding hydrogens is 288 g/mol. The van der Waals surface area contributed by atoms with Crippen LogP contribution in [0.1, 0.15) is 58.6 Å². The van der Waals surface area contributed by atoms with Crippen molar-refractivity contribution in [3.05, 3.63) is 35.4 Å². The van der Waals surface area contributed by atoms with E-state index in [1.807, 2.05) is 20.8 Å². The number of nitrogens with one attached hydrogen (secondary N) is 2. The summed E-state index contributed by atoms with van der Waals surface area (Å²) in [7, 11) is 0. The van der Waals surface area contributed by atoms with Gasteiger partial charge in [-0.1, -0.05) is 44.5 Å². The highest BCUT2D eigenvalue weighted by atomic mass is 16.6. The number of rotatable bonds is 8. The summed E-state index contributed by atoms with van der Waals surface area (Å²) >= 11 is 0. The van der Waals surface area contributed by atoms with E-state index in [2.05, 4.69) is 48.7 Å². The van der Waals surface area contributed by atoms with Crippen LogP contribution in [0.25, 0.3) is 0 Å². The Bertz CT molecular complexity index is 463. The van der Waals surface area contributed by atoms with Crippen molar-refractivity contribution in [3.8, 4) is 0 Å². The van der Waals surface area contributed by atoms with Crippen LogP contribution in [-0.4, -0.2) is 24.3 Å². The minimum absolute atomic E-state index is 0.248. The first-order valence-corrected chi connectivity index (χ1v) is 8.62. The predicted molar refractivity (Wildman–Crippen MR) is 95.6 cm³/mol. The van der Waals surface area contributed by atoms with Crippen molar-refractivity contribution in [3.63, 3.8) is 0 Å². The monoisotopic (exact) mass is 320 g/mol. The Hall–Kier alpha value is -1.55. The topological polar surface area (TPSA) is 50.4 Å². The molecule has 1 atom stereocenters. The largest absolute Gasteiger partial charge is 0.444 e. The molecule has 0 spiro atoms. The van der Waals surface area contributed by atoms with Gasteiger partial charge in [-0.2, -0.15) is 0 Å². The zero-order valence-corrected chi connectivity index (χ0v) is 15.2. The van der Waals surface area contributed by atoms with Crippen molar-refractivity contribution in [2.24, 2.45) is 0 Å². The average Bonchev–Trinajstić information content (AvgIpc) is 2.49. The minimum Gasteiger partial charge on any atom is -0.444 e. The van der Waals surface area contributed by atoms with Gasteiger partial charge < -0.3 is 15.4 Å². The summed E-state index contributed by atoms with van der Waals surface area (Å²) in [6.45, 7) is 11.3. The number of amides is 1. The van der Waals surface area contributed by atoms with Crippen LogP contribution in [0, 0.1) is 0 Å². The quantitative estimate of drug-likeness (QED) is 0.760. The molecule has 1 aromatic rings. The second-order valence-electron chi connectivity index (χ2n) is 6.92. The van der Waals surface area contributed by atoms with Gasteiger partial charge in [0.25, 0.3) is 0 Å². The van der Waals surface area contributed by atoms with Crippen LogP contribution in [0.3, 0.4) is 0 Å². The van der Waals surface area contributed by atoms with E-state index in [9.17, 15) is 4.79 Å². The molecule has 130 valence electrons. The lowest BCUT2D eigenvalue weighted by molar-refractivity contribution is 0.0521. The van der Waals surface area contributed by atoms with Crippen LogP contribution in [0.2, 0.25) is 0 Å².